The highest BCUT2D eigenvalue weighted by Gasteiger charge is 2.32. The summed E-state index contributed by atoms with van der Waals surface area (Å²) in [6.45, 7) is 1.61. The highest BCUT2D eigenvalue weighted by Crippen LogP contribution is 2.28. The fraction of sp³-hybridized carbons (Fsp3) is 0.375. The van der Waals surface area contributed by atoms with Gasteiger partial charge >= 0.3 is 5.97 Å². The summed E-state index contributed by atoms with van der Waals surface area (Å²) in [4.78, 5) is 34.5. The van der Waals surface area contributed by atoms with E-state index in [2.05, 4.69) is 20.3 Å². The molecule has 0 aliphatic carbocycles. The second kappa shape index (κ2) is 10.5. The Bertz CT molecular complexity index is 1070. The smallest absolute Gasteiger partial charge is 0.316 e. The van der Waals surface area contributed by atoms with Gasteiger partial charge in [0.25, 0.3) is 5.69 Å². The number of nitrogens with zero attached hydrogens (tertiary/aromatic N) is 4. The predicted octanol–water partition coefficient (Wildman–Crippen LogP) is 1.89. The molecule has 1 N–H and O–H groups in total. The Labute approximate surface area is 186 Å². The number of ether oxygens (including phenoxy) is 1. The van der Waals surface area contributed by atoms with E-state index in [0.29, 0.717) is 4.34 Å². The third-order valence-electron chi connectivity index (χ3n) is 3.80. The number of nitro benzene ring substituents is 1. The summed E-state index contributed by atoms with van der Waals surface area (Å²) in [5.74, 6) is -1.11. The molecule has 0 saturated heterocycles. The van der Waals surface area contributed by atoms with E-state index >= 15 is 0 Å². The molecule has 2 aromatic rings. The normalized spacial score (nSPS) is 12.1. The van der Waals surface area contributed by atoms with Crippen LogP contribution in [-0.2, 0) is 24.3 Å². The summed E-state index contributed by atoms with van der Waals surface area (Å²) in [6.07, 6.45) is 0.999. The van der Waals surface area contributed by atoms with Gasteiger partial charge < -0.3 is 4.74 Å². The van der Waals surface area contributed by atoms with Crippen molar-refractivity contribution in [2.75, 3.05) is 28.7 Å². The fourth-order valence-electron chi connectivity index (χ4n) is 2.49. The monoisotopic (exact) mass is 489 g/mol. The van der Waals surface area contributed by atoms with Crippen molar-refractivity contribution in [1.29, 1.82) is 0 Å². The van der Waals surface area contributed by atoms with Crippen LogP contribution in [0.3, 0.4) is 0 Å². The minimum atomic E-state index is -3.96. The second-order valence-electron chi connectivity index (χ2n) is 5.99. The van der Waals surface area contributed by atoms with Crippen LogP contribution in [0.15, 0.2) is 28.6 Å². The molecule has 0 spiro atoms. The molecule has 2 rings (SSSR count). The number of carbonyl (C=O) groups is 2. The summed E-state index contributed by atoms with van der Waals surface area (Å²) < 4.78 is 30.7. The molecule has 12 nitrogen and oxygen atoms in total. The number of esters is 1. The van der Waals surface area contributed by atoms with Crippen molar-refractivity contribution in [1.82, 2.24) is 10.2 Å². The first-order chi connectivity index (χ1) is 14.6. The van der Waals surface area contributed by atoms with Crippen LogP contribution >= 0.6 is 23.1 Å². The maximum atomic E-state index is 12.9. The van der Waals surface area contributed by atoms with E-state index in [9.17, 15) is 28.1 Å². The van der Waals surface area contributed by atoms with E-state index in [1.54, 1.807) is 6.92 Å². The SMILES string of the molecule is CCC(C(=O)Nc1nnc(SCC(=O)OC)s1)N(c1cccc([N+](=O)[O-])c1)S(C)(=O)=O. The van der Waals surface area contributed by atoms with Gasteiger partial charge in [0.1, 0.15) is 6.04 Å². The standard InChI is InChI=1S/C16H19N5O7S3/c1-4-12(14(23)17-15-18-19-16(30-15)29-9-13(22)28-2)20(31(3,26)27)10-6-5-7-11(8-10)21(24)25/h5-8,12H,4,9H2,1-3H3,(H,17,18,23). The predicted molar refractivity (Wildman–Crippen MR) is 116 cm³/mol. The zero-order valence-corrected chi connectivity index (χ0v) is 19.1. The molecule has 0 bridgehead atoms. The number of anilines is 2. The number of hydrogen-bond acceptors (Lipinski definition) is 11. The first-order valence-corrected chi connectivity index (χ1v) is 12.3. The largest absolute Gasteiger partial charge is 0.468 e. The van der Waals surface area contributed by atoms with Gasteiger partial charge in [-0.3, -0.25) is 29.3 Å². The number of methoxy groups -OCH3 is 1. The summed E-state index contributed by atoms with van der Waals surface area (Å²) in [6, 6.07) is 3.83. The first kappa shape index (κ1) is 24.5. The number of nitro groups is 1. The zero-order valence-electron chi connectivity index (χ0n) is 16.7. The van der Waals surface area contributed by atoms with E-state index in [1.807, 2.05) is 0 Å². The lowest BCUT2D eigenvalue weighted by Gasteiger charge is -2.29. The number of non-ortho nitro benzene ring substituents is 1. The Morgan fingerprint density at radius 2 is 2.10 bits per heavy atom. The molecule has 1 aromatic carbocycles. The lowest BCUT2D eigenvalue weighted by Crippen LogP contribution is -2.47. The number of carbonyl (C=O) groups excluding carboxylic acids is 2. The van der Waals surface area contributed by atoms with Crippen molar-refractivity contribution in [3.05, 3.63) is 34.4 Å². The van der Waals surface area contributed by atoms with Crippen LogP contribution in [0, 0.1) is 10.1 Å². The number of rotatable bonds is 10. The third-order valence-corrected chi connectivity index (χ3v) is 6.93. The van der Waals surface area contributed by atoms with Gasteiger partial charge in [-0.05, 0) is 12.5 Å². The molecule has 0 aliphatic rings. The Kier molecular flexibility index (Phi) is 8.29. The van der Waals surface area contributed by atoms with Crippen LogP contribution in [0.4, 0.5) is 16.5 Å². The third kappa shape index (κ3) is 6.60. The molecule has 0 aliphatic heterocycles. The van der Waals surface area contributed by atoms with Crippen LogP contribution < -0.4 is 9.62 Å². The molecule has 1 unspecified atom stereocenters. The minimum Gasteiger partial charge on any atom is -0.468 e. The van der Waals surface area contributed by atoms with Crippen LogP contribution in [0.5, 0.6) is 0 Å². The zero-order chi connectivity index (χ0) is 23.2. The van der Waals surface area contributed by atoms with Gasteiger partial charge in [0.05, 0.1) is 29.7 Å². The van der Waals surface area contributed by atoms with E-state index in [0.717, 1.165) is 39.7 Å². The van der Waals surface area contributed by atoms with E-state index < -0.39 is 32.9 Å². The number of nitrogens with one attached hydrogen (secondary N) is 1. The molecule has 1 amide bonds. The van der Waals surface area contributed by atoms with Crippen molar-refractivity contribution in [2.45, 2.75) is 23.7 Å². The molecule has 0 fully saturated rings. The van der Waals surface area contributed by atoms with Gasteiger partial charge in [-0.1, -0.05) is 36.1 Å². The van der Waals surface area contributed by atoms with Crippen molar-refractivity contribution >= 4 is 61.5 Å². The molecule has 168 valence electrons. The number of sulfonamides is 1. The van der Waals surface area contributed by atoms with E-state index in [-0.39, 0.29) is 28.7 Å². The van der Waals surface area contributed by atoms with Crippen LogP contribution in [-0.4, -0.2) is 60.6 Å². The Hall–Kier alpha value is -2.78. The molecule has 1 heterocycles. The lowest BCUT2D eigenvalue weighted by atomic mass is 10.2. The first-order valence-electron chi connectivity index (χ1n) is 8.64. The second-order valence-corrected chi connectivity index (χ2v) is 10.0. The fourth-order valence-corrected chi connectivity index (χ4v) is 5.28. The average Bonchev–Trinajstić information content (AvgIpc) is 3.16. The molecule has 0 radical (unpaired) electrons. The van der Waals surface area contributed by atoms with Crippen LogP contribution in [0.1, 0.15) is 13.3 Å². The quantitative estimate of drug-likeness (QED) is 0.171. The number of amides is 1. The Balaban J connectivity index is 2.26. The van der Waals surface area contributed by atoms with Crippen LogP contribution in [0.25, 0.3) is 0 Å². The number of thioether (sulfide) groups is 1. The number of hydrogen-bond donors (Lipinski definition) is 1. The molecular weight excluding hydrogens is 470 g/mol. The van der Waals surface area contributed by atoms with E-state index in [1.165, 1.54) is 25.3 Å². The minimum absolute atomic E-state index is 0.00899. The van der Waals surface area contributed by atoms with Crippen LogP contribution in [0.2, 0.25) is 0 Å². The Morgan fingerprint density at radius 3 is 2.68 bits per heavy atom. The highest BCUT2D eigenvalue weighted by atomic mass is 32.2. The summed E-state index contributed by atoms with van der Waals surface area (Å²) >= 11 is 2.08. The topological polar surface area (TPSA) is 162 Å². The molecular formula is C16H19N5O7S3. The highest BCUT2D eigenvalue weighted by molar-refractivity contribution is 8.01. The van der Waals surface area contributed by atoms with Crippen molar-refractivity contribution in [3.63, 3.8) is 0 Å². The number of benzene rings is 1. The van der Waals surface area contributed by atoms with Crippen molar-refractivity contribution in [3.8, 4) is 0 Å². The van der Waals surface area contributed by atoms with Crippen molar-refractivity contribution in [2.24, 2.45) is 0 Å². The van der Waals surface area contributed by atoms with Crippen molar-refractivity contribution < 1.29 is 27.7 Å². The average molecular weight is 490 g/mol. The molecule has 31 heavy (non-hydrogen) atoms. The van der Waals surface area contributed by atoms with E-state index in [4.69, 9.17) is 0 Å². The maximum absolute atomic E-state index is 12.9. The maximum Gasteiger partial charge on any atom is 0.316 e. The summed E-state index contributed by atoms with van der Waals surface area (Å²) in [5.41, 5.74) is -0.317. The van der Waals surface area contributed by atoms with Gasteiger partial charge in [0.15, 0.2) is 4.34 Å². The Morgan fingerprint density at radius 1 is 1.39 bits per heavy atom. The molecule has 1 atom stereocenters. The van der Waals surface area contributed by atoms with Gasteiger partial charge in [0, 0.05) is 12.1 Å². The lowest BCUT2D eigenvalue weighted by molar-refractivity contribution is -0.384. The molecule has 1 aromatic heterocycles. The summed E-state index contributed by atoms with van der Waals surface area (Å²) in [5, 5.41) is 21.4. The van der Waals surface area contributed by atoms with Gasteiger partial charge in [0.2, 0.25) is 21.1 Å². The van der Waals surface area contributed by atoms with Gasteiger partial charge in [-0.25, -0.2) is 8.42 Å². The summed E-state index contributed by atoms with van der Waals surface area (Å²) in [7, 11) is -2.70. The molecule has 0 saturated carbocycles. The number of aromatic nitrogens is 2. The van der Waals surface area contributed by atoms with Gasteiger partial charge in [-0.2, -0.15) is 0 Å². The van der Waals surface area contributed by atoms with Gasteiger partial charge in [-0.15, -0.1) is 10.2 Å². The molecule has 15 heteroatoms.